The average molecular weight is 117 g/mol. The fourth-order valence-corrected chi connectivity index (χ4v) is 0.654. The van der Waals surface area contributed by atoms with Gasteiger partial charge in [0.2, 0.25) is 0 Å². The van der Waals surface area contributed by atoms with Gasteiger partial charge in [0.05, 0.1) is 25.5 Å². The van der Waals surface area contributed by atoms with Crippen LogP contribution in [-0.4, -0.2) is 30.6 Å². The summed E-state index contributed by atoms with van der Waals surface area (Å²) >= 11 is 0. The molecule has 8 heavy (non-hydrogen) atoms. The Labute approximate surface area is 48.7 Å². The number of nitrogens with one attached hydrogen (secondary N) is 1. The molecular weight excluding hydrogens is 106 g/mol. The minimum Gasteiger partial charge on any atom is -0.394 e. The van der Waals surface area contributed by atoms with Crippen molar-refractivity contribution in [2.75, 3.05) is 19.9 Å². The van der Waals surface area contributed by atoms with Crippen LogP contribution in [0.3, 0.4) is 0 Å². The lowest BCUT2D eigenvalue weighted by Crippen LogP contribution is -2.42. The molecule has 2 N–H and O–H groups in total. The first-order valence-electron chi connectivity index (χ1n) is 2.70. The standard InChI is InChI=1S/C5H11NO2/c1-5(2-7)3-8-4-6-5/h6-7H,2-4H2,1H3. The van der Waals surface area contributed by atoms with Crippen molar-refractivity contribution in [2.45, 2.75) is 12.5 Å². The van der Waals surface area contributed by atoms with Gasteiger partial charge in [0.25, 0.3) is 0 Å². The van der Waals surface area contributed by atoms with Crippen LogP contribution in [0.15, 0.2) is 0 Å². The van der Waals surface area contributed by atoms with Gasteiger partial charge in [-0.25, -0.2) is 0 Å². The summed E-state index contributed by atoms with van der Waals surface area (Å²) in [4.78, 5) is 0. The van der Waals surface area contributed by atoms with Gasteiger partial charge in [-0.05, 0) is 6.92 Å². The normalized spacial score (nSPS) is 38.2. The molecule has 0 saturated carbocycles. The molecule has 1 aliphatic rings. The van der Waals surface area contributed by atoms with Gasteiger partial charge in [0.15, 0.2) is 0 Å². The molecule has 0 aromatic heterocycles. The molecule has 0 spiro atoms. The Morgan fingerprint density at radius 1 is 1.88 bits per heavy atom. The second-order valence-electron chi connectivity index (χ2n) is 2.39. The Balaban J connectivity index is 2.40. The molecule has 1 heterocycles. The molecule has 1 unspecified atom stereocenters. The maximum atomic E-state index is 8.68. The van der Waals surface area contributed by atoms with E-state index < -0.39 is 0 Å². The third-order valence-corrected chi connectivity index (χ3v) is 1.37. The van der Waals surface area contributed by atoms with Gasteiger partial charge in [-0.15, -0.1) is 0 Å². The Morgan fingerprint density at radius 2 is 2.62 bits per heavy atom. The third-order valence-electron chi connectivity index (χ3n) is 1.37. The number of hydrogen-bond acceptors (Lipinski definition) is 3. The zero-order valence-corrected chi connectivity index (χ0v) is 4.98. The van der Waals surface area contributed by atoms with Crippen molar-refractivity contribution >= 4 is 0 Å². The summed E-state index contributed by atoms with van der Waals surface area (Å²) in [6.45, 7) is 3.26. The van der Waals surface area contributed by atoms with E-state index in [2.05, 4.69) is 5.32 Å². The highest BCUT2D eigenvalue weighted by atomic mass is 16.5. The molecule has 1 saturated heterocycles. The summed E-state index contributed by atoms with van der Waals surface area (Å²) in [6, 6.07) is 0. The molecule has 1 atom stereocenters. The van der Waals surface area contributed by atoms with Crippen molar-refractivity contribution in [3.63, 3.8) is 0 Å². The van der Waals surface area contributed by atoms with E-state index in [-0.39, 0.29) is 12.1 Å². The van der Waals surface area contributed by atoms with E-state index in [1.807, 2.05) is 6.92 Å². The van der Waals surface area contributed by atoms with Crippen LogP contribution >= 0.6 is 0 Å². The van der Waals surface area contributed by atoms with E-state index in [0.29, 0.717) is 13.3 Å². The molecule has 3 nitrogen and oxygen atoms in total. The van der Waals surface area contributed by atoms with Gasteiger partial charge in [0.1, 0.15) is 0 Å². The highest BCUT2D eigenvalue weighted by molar-refractivity contribution is 4.83. The summed E-state index contributed by atoms with van der Waals surface area (Å²) in [5.74, 6) is 0. The fourth-order valence-electron chi connectivity index (χ4n) is 0.654. The Morgan fingerprint density at radius 3 is 2.88 bits per heavy atom. The van der Waals surface area contributed by atoms with E-state index in [9.17, 15) is 0 Å². The predicted octanol–water partition coefficient (Wildman–Crippen LogP) is -0.685. The summed E-state index contributed by atoms with van der Waals surface area (Å²) in [7, 11) is 0. The highest BCUT2D eigenvalue weighted by Crippen LogP contribution is 2.07. The molecule has 0 amide bonds. The smallest absolute Gasteiger partial charge is 0.0971 e. The predicted molar refractivity (Wildman–Crippen MR) is 29.4 cm³/mol. The Bertz CT molecular complexity index is 78.5. The average Bonchev–Trinajstić information content (AvgIpc) is 2.17. The molecule has 0 bridgehead atoms. The van der Waals surface area contributed by atoms with Crippen molar-refractivity contribution in [2.24, 2.45) is 0 Å². The Hall–Kier alpha value is -0.120. The summed E-state index contributed by atoms with van der Waals surface area (Å²) in [5, 5.41) is 11.7. The summed E-state index contributed by atoms with van der Waals surface area (Å²) in [5.41, 5.74) is -0.181. The minimum atomic E-state index is -0.181. The lowest BCUT2D eigenvalue weighted by molar-refractivity contribution is 0.148. The molecule has 1 fully saturated rings. The SMILES string of the molecule is CC1(CO)COCN1. The van der Waals surface area contributed by atoms with Gasteiger partial charge in [-0.2, -0.15) is 0 Å². The molecule has 48 valence electrons. The molecule has 0 aromatic rings. The van der Waals surface area contributed by atoms with Crippen molar-refractivity contribution in [3.8, 4) is 0 Å². The third kappa shape index (κ3) is 0.992. The lowest BCUT2D eigenvalue weighted by Gasteiger charge is -2.17. The number of rotatable bonds is 1. The molecule has 0 radical (unpaired) electrons. The van der Waals surface area contributed by atoms with Gasteiger partial charge >= 0.3 is 0 Å². The molecule has 1 rings (SSSR count). The lowest BCUT2D eigenvalue weighted by atomic mass is 10.1. The zero-order chi connectivity index (χ0) is 6.04. The monoisotopic (exact) mass is 117 g/mol. The van der Waals surface area contributed by atoms with Crippen LogP contribution in [0.5, 0.6) is 0 Å². The molecule has 0 aliphatic carbocycles. The Kier molecular flexibility index (Phi) is 1.51. The quantitative estimate of drug-likeness (QED) is 0.478. The first kappa shape index (κ1) is 6.01. The van der Waals surface area contributed by atoms with E-state index >= 15 is 0 Å². The van der Waals surface area contributed by atoms with Crippen molar-refractivity contribution in [3.05, 3.63) is 0 Å². The van der Waals surface area contributed by atoms with Crippen LogP contribution in [0, 0.1) is 0 Å². The van der Waals surface area contributed by atoms with Crippen LogP contribution < -0.4 is 5.32 Å². The first-order valence-corrected chi connectivity index (χ1v) is 2.70. The number of ether oxygens (including phenoxy) is 1. The van der Waals surface area contributed by atoms with Gasteiger partial charge in [-0.3, -0.25) is 5.32 Å². The number of aliphatic hydroxyl groups is 1. The molecule has 3 heteroatoms. The van der Waals surface area contributed by atoms with Crippen LogP contribution in [0.2, 0.25) is 0 Å². The van der Waals surface area contributed by atoms with Crippen molar-refractivity contribution in [1.82, 2.24) is 5.32 Å². The van der Waals surface area contributed by atoms with Crippen molar-refractivity contribution < 1.29 is 9.84 Å². The first-order chi connectivity index (χ1) is 3.77. The van der Waals surface area contributed by atoms with Gasteiger partial charge in [-0.1, -0.05) is 0 Å². The number of aliphatic hydroxyl groups excluding tert-OH is 1. The van der Waals surface area contributed by atoms with E-state index in [0.717, 1.165) is 0 Å². The largest absolute Gasteiger partial charge is 0.394 e. The maximum Gasteiger partial charge on any atom is 0.0971 e. The van der Waals surface area contributed by atoms with Gasteiger partial charge < -0.3 is 9.84 Å². The molecule has 0 aromatic carbocycles. The highest BCUT2D eigenvalue weighted by Gasteiger charge is 2.27. The van der Waals surface area contributed by atoms with Crippen LogP contribution in [0.4, 0.5) is 0 Å². The van der Waals surface area contributed by atoms with E-state index in [4.69, 9.17) is 9.84 Å². The topological polar surface area (TPSA) is 41.5 Å². The van der Waals surface area contributed by atoms with Crippen LogP contribution in [-0.2, 0) is 4.74 Å². The van der Waals surface area contributed by atoms with E-state index in [1.54, 1.807) is 0 Å². The van der Waals surface area contributed by atoms with Crippen molar-refractivity contribution in [1.29, 1.82) is 0 Å². The fraction of sp³-hybridized carbons (Fsp3) is 1.00. The van der Waals surface area contributed by atoms with Crippen LogP contribution in [0.25, 0.3) is 0 Å². The maximum absolute atomic E-state index is 8.68. The second kappa shape index (κ2) is 2.01. The van der Waals surface area contributed by atoms with Gasteiger partial charge in [0, 0.05) is 0 Å². The second-order valence-corrected chi connectivity index (χ2v) is 2.39. The minimum absolute atomic E-state index is 0.146. The molecular formula is C5H11NO2. The number of hydrogen-bond donors (Lipinski definition) is 2. The van der Waals surface area contributed by atoms with Crippen LogP contribution in [0.1, 0.15) is 6.92 Å². The molecule has 1 aliphatic heterocycles. The van der Waals surface area contributed by atoms with E-state index in [1.165, 1.54) is 0 Å². The summed E-state index contributed by atoms with van der Waals surface area (Å²) < 4.78 is 4.98. The summed E-state index contributed by atoms with van der Waals surface area (Å²) in [6.07, 6.45) is 0. The zero-order valence-electron chi connectivity index (χ0n) is 4.98.